The summed E-state index contributed by atoms with van der Waals surface area (Å²) in [4.78, 5) is 36.5. The molecule has 0 bridgehead atoms. The lowest BCUT2D eigenvalue weighted by molar-refractivity contribution is 0.0289. The third kappa shape index (κ3) is 4.02. The quantitative estimate of drug-likeness (QED) is 0.450. The van der Waals surface area contributed by atoms with Crippen molar-refractivity contribution in [3.8, 4) is 11.4 Å². The Hall–Kier alpha value is -3.75. The van der Waals surface area contributed by atoms with Gasteiger partial charge in [-0.3, -0.25) is 4.79 Å². The second kappa shape index (κ2) is 7.93. The molecule has 0 spiro atoms. The first-order chi connectivity index (χ1) is 16.1. The van der Waals surface area contributed by atoms with Crippen LogP contribution in [0, 0.1) is 13.8 Å². The average Bonchev–Trinajstić information content (AvgIpc) is 3.39. The summed E-state index contributed by atoms with van der Waals surface area (Å²) in [6.45, 7) is 10.5. The predicted octanol–water partition coefficient (Wildman–Crippen LogP) is 3.90. The number of pyridine rings is 2. The molecular weight excluding hydrogens is 432 g/mol. The molecule has 176 valence electrons. The fourth-order valence-corrected chi connectivity index (χ4v) is 4.40. The highest BCUT2D eigenvalue weighted by Crippen LogP contribution is 2.25. The Labute approximate surface area is 197 Å². The van der Waals surface area contributed by atoms with E-state index >= 15 is 0 Å². The standard InChI is InChI=1S/C25H28N6O3/c1-15-12-21(28-31-13-16(2)26-22(15)31)20-7-6-18-19(27-20)9-11-30(23(18)32)17-8-10-29(14-17)24(33)34-25(3,4)5/h6-7,9,11-13,17H,8,10,14H2,1-5H3/t17-/m0/s1. The Balaban J connectivity index is 1.44. The van der Waals surface area contributed by atoms with E-state index in [1.165, 1.54) is 0 Å². The molecule has 5 heterocycles. The van der Waals surface area contributed by atoms with Crippen LogP contribution in [-0.4, -0.2) is 53.8 Å². The third-order valence-corrected chi connectivity index (χ3v) is 5.98. The van der Waals surface area contributed by atoms with Crippen molar-refractivity contribution in [1.82, 2.24) is 29.0 Å². The van der Waals surface area contributed by atoms with Crippen molar-refractivity contribution in [2.24, 2.45) is 0 Å². The molecule has 1 fully saturated rings. The van der Waals surface area contributed by atoms with Crippen molar-refractivity contribution >= 4 is 22.6 Å². The van der Waals surface area contributed by atoms with Crippen molar-refractivity contribution in [2.75, 3.05) is 13.1 Å². The maximum absolute atomic E-state index is 13.3. The normalized spacial score (nSPS) is 16.5. The van der Waals surface area contributed by atoms with Crippen LogP contribution in [0.5, 0.6) is 0 Å². The van der Waals surface area contributed by atoms with Crippen molar-refractivity contribution in [2.45, 2.75) is 52.7 Å². The summed E-state index contributed by atoms with van der Waals surface area (Å²) in [5, 5.41) is 5.19. The van der Waals surface area contributed by atoms with Gasteiger partial charge in [0.2, 0.25) is 0 Å². The molecule has 5 rings (SSSR count). The third-order valence-electron chi connectivity index (χ3n) is 5.98. The number of aryl methyl sites for hydroxylation is 2. The Morgan fingerprint density at radius 2 is 1.91 bits per heavy atom. The molecule has 0 saturated carbocycles. The number of imidazole rings is 1. The highest BCUT2D eigenvalue weighted by atomic mass is 16.6. The average molecular weight is 461 g/mol. The molecule has 0 unspecified atom stereocenters. The zero-order chi connectivity index (χ0) is 24.2. The second-order valence-electron chi connectivity index (χ2n) is 9.89. The lowest BCUT2D eigenvalue weighted by Gasteiger charge is -2.24. The summed E-state index contributed by atoms with van der Waals surface area (Å²) in [6, 6.07) is 7.34. The van der Waals surface area contributed by atoms with Gasteiger partial charge in [-0.15, -0.1) is 0 Å². The van der Waals surface area contributed by atoms with E-state index in [4.69, 9.17) is 9.72 Å². The SMILES string of the molecule is Cc1cn2nc(-c3ccc4c(=O)n([C@H]5CCN(C(=O)OC(C)(C)C)C5)ccc4n3)cc(C)c2n1. The van der Waals surface area contributed by atoms with Crippen molar-refractivity contribution < 1.29 is 9.53 Å². The molecule has 4 aromatic rings. The molecule has 1 aliphatic rings. The van der Waals surface area contributed by atoms with E-state index in [2.05, 4.69) is 10.1 Å². The molecule has 0 aliphatic carbocycles. The number of aromatic nitrogens is 5. The first kappa shape index (κ1) is 22.1. The Morgan fingerprint density at radius 1 is 1.12 bits per heavy atom. The number of ether oxygens (including phenoxy) is 1. The summed E-state index contributed by atoms with van der Waals surface area (Å²) in [6.07, 6.45) is 4.01. The minimum atomic E-state index is -0.549. The maximum atomic E-state index is 13.3. The van der Waals surface area contributed by atoms with Crippen LogP contribution in [-0.2, 0) is 4.74 Å². The molecule has 1 amide bonds. The van der Waals surface area contributed by atoms with Crippen molar-refractivity contribution in [3.05, 3.63) is 58.3 Å². The first-order valence-electron chi connectivity index (χ1n) is 11.4. The van der Waals surface area contributed by atoms with E-state index in [9.17, 15) is 9.59 Å². The maximum Gasteiger partial charge on any atom is 0.410 e. The Kier molecular flexibility index (Phi) is 5.15. The number of nitrogens with zero attached hydrogens (tertiary/aromatic N) is 6. The molecule has 0 radical (unpaired) electrons. The van der Waals surface area contributed by atoms with Gasteiger partial charge in [-0.05, 0) is 70.9 Å². The number of hydrogen-bond acceptors (Lipinski definition) is 6. The van der Waals surface area contributed by atoms with Gasteiger partial charge in [0.05, 0.1) is 34.5 Å². The topological polar surface area (TPSA) is 94.6 Å². The van der Waals surface area contributed by atoms with E-state index in [1.54, 1.807) is 26.2 Å². The van der Waals surface area contributed by atoms with Crippen LogP contribution in [0.2, 0.25) is 0 Å². The zero-order valence-corrected chi connectivity index (χ0v) is 20.1. The van der Waals surface area contributed by atoms with Gasteiger partial charge < -0.3 is 14.2 Å². The minimum Gasteiger partial charge on any atom is -0.444 e. The van der Waals surface area contributed by atoms with Crippen LogP contribution in [0.1, 0.15) is 44.5 Å². The lowest BCUT2D eigenvalue weighted by Crippen LogP contribution is -2.36. The number of carbonyl (C=O) groups is 1. The summed E-state index contributed by atoms with van der Waals surface area (Å²) < 4.78 is 8.95. The zero-order valence-electron chi connectivity index (χ0n) is 20.1. The van der Waals surface area contributed by atoms with Crippen LogP contribution < -0.4 is 5.56 Å². The van der Waals surface area contributed by atoms with Crippen LogP contribution in [0.3, 0.4) is 0 Å². The van der Waals surface area contributed by atoms with E-state index < -0.39 is 5.60 Å². The highest BCUT2D eigenvalue weighted by molar-refractivity contribution is 5.80. The minimum absolute atomic E-state index is 0.0969. The molecule has 1 atom stereocenters. The number of carbonyl (C=O) groups excluding carboxylic acids is 1. The number of rotatable bonds is 2. The largest absolute Gasteiger partial charge is 0.444 e. The lowest BCUT2D eigenvalue weighted by atomic mass is 10.1. The summed E-state index contributed by atoms with van der Waals surface area (Å²) in [5.41, 5.74) is 4.09. The molecule has 0 N–H and O–H groups in total. The van der Waals surface area contributed by atoms with E-state index in [0.717, 1.165) is 22.6 Å². The van der Waals surface area contributed by atoms with Crippen LogP contribution in [0.25, 0.3) is 27.9 Å². The van der Waals surface area contributed by atoms with Gasteiger partial charge in [-0.25, -0.2) is 19.3 Å². The van der Waals surface area contributed by atoms with Crippen molar-refractivity contribution in [1.29, 1.82) is 0 Å². The predicted molar refractivity (Wildman–Crippen MR) is 129 cm³/mol. The van der Waals surface area contributed by atoms with Gasteiger partial charge in [0.1, 0.15) is 11.3 Å². The van der Waals surface area contributed by atoms with Gasteiger partial charge in [0.15, 0.2) is 5.65 Å². The molecule has 1 aliphatic heterocycles. The van der Waals surface area contributed by atoms with Gasteiger partial charge in [0.25, 0.3) is 5.56 Å². The fourth-order valence-electron chi connectivity index (χ4n) is 4.40. The second-order valence-corrected chi connectivity index (χ2v) is 9.89. The van der Waals surface area contributed by atoms with E-state index in [1.807, 2.05) is 59.0 Å². The Bertz CT molecular complexity index is 1480. The van der Waals surface area contributed by atoms with E-state index in [0.29, 0.717) is 36.1 Å². The van der Waals surface area contributed by atoms with E-state index in [-0.39, 0.29) is 17.7 Å². The number of fused-ring (bicyclic) bond motifs is 2. The van der Waals surface area contributed by atoms with Crippen LogP contribution >= 0.6 is 0 Å². The Morgan fingerprint density at radius 3 is 2.68 bits per heavy atom. The highest BCUT2D eigenvalue weighted by Gasteiger charge is 2.31. The van der Waals surface area contributed by atoms with Gasteiger partial charge in [-0.1, -0.05) is 0 Å². The van der Waals surface area contributed by atoms with Gasteiger partial charge in [0, 0.05) is 19.3 Å². The number of hydrogen-bond donors (Lipinski definition) is 0. The molecule has 9 heteroatoms. The summed E-state index contributed by atoms with van der Waals surface area (Å²) in [7, 11) is 0. The van der Waals surface area contributed by atoms with Gasteiger partial charge in [-0.2, -0.15) is 5.10 Å². The van der Waals surface area contributed by atoms with Crippen LogP contribution in [0.15, 0.2) is 41.5 Å². The molecular formula is C25H28N6O3. The number of amides is 1. The monoisotopic (exact) mass is 460 g/mol. The summed E-state index contributed by atoms with van der Waals surface area (Å²) in [5.74, 6) is 0. The summed E-state index contributed by atoms with van der Waals surface area (Å²) >= 11 is 0. The number of likely N-dealkylation sites (tertiary alicyclic amines) is 1. The first-order valence-corrected chi connectivity index (χ1v) is 11.4. The smallest absolute Gasteiger partial charge is 0.410 e. The molecule has 9 nitrogen and oxygen atoms in total. The van der Waals surface area contributed by atoms with Gasteiger partial charge >= 0.3 is 6.09 Å². The van der Waals surface area contributed by atoms with Crippen molar-refractivity contribution in [3.63, 3.8) is 0 Å². The molecule has 4 aromatic heterocycles. The fraction of sp³-hybridized carbons (Fsp3) is 0.400. The van der Waals surface area contributed by atoms with Crippen LogP contribution in [0.4, 0.5) is 4.79 Å². The molecule has 0 aromatic carbocycles. The molecule has 1 saturated heterocycles. The molecule has 34 heavy (non-hydrogen) atoms.